The molecule has 23 heavy (non-hydrogen) atoms. The lowest BCUT2D eigenvalue weighted by Crippen LogP contribution is -2.30. The summed E-state index contributed by atoms with van der Waals surface area (Å²) < 4.78 is 38.8. The summed E-state index contributed by atoms with van der Waals surface area (Å²) in [4.78, 5) is 11.5. The first-order valence-corrected chi connectivity index (χ1v) is 6.75. The predicted molar refractivity (Wildman–Crippen MR) is 77.2 cm³/mol. The van der Waals surface area contributed by atoms with Crippen molar-refractivity contribution in [1.29, 1.82) is 5.41 Å². The van der Waals surface area contributed by atoms with Crippen LogP contribution in [0.4, 0.5) is 8.78 Å². The molecule has 3 N–H and O–H groups in total. The summed E-state index contributed by atoms with van der Waals surface area (Å²) in [5.41, 5.74) is 6.36. The highest BCUT2D eigenvalue weighted by molar-refractivity contribution is 6.10. The molecule has 8 heteroatoms. The minimum Gasteiger partial charge on any atom is -0.489 e. The van der Waals surface area contributed by atoms with Crippen molar-refractivity contribution < 1.29 is 27.8 Å². The molecule has 1 unspecified atom stereocenters. The third-order valence-corrected chi connectivity index (χ3v) is 3.30. The molecule has 0 aromatic heterocycles. The van der Waals surface area contributed by atoms with Gasteiger partial charge in [0.1, 0.15) is 18.1 Å². The number of hydrogen-bond acceptors (Lipinski definition) is 6. The Morgan fingerprint density at radius 2 is 2.22 bits per heavy atom. The van der Waals surface area contributed by atoms with Gasteiger partial charge in [0.15, 0.2) is 5.76 Å². The van der Waals surface area contributed by atoms with E-state index in [0.717, 1.165) is 0 Å². The summed E-state index contributed by atoms with van der Waals surface area (Å²) in [6.07, 6.45) is 0.206. The molecule has 1 aromatic carbocycles. The lowest BCUT2D eigenvalue weighted by atomic mass is 9.98. The maximum atomic E-state index is 12.2. The molecule has 0 aliphatic carbocycles. The Morgan fingerprint density at radius 3 is 2.83 bits per heavy atom. The topological polar surface area (TPSA) is 94.6 Å². The smallest absolute Gasteiger partial charge is 0.387 e. The van der Waals surface area contributed by atoms with Crippen molar-refractivity contribution in [1.82, 2.24) is 0 Å². The number of benzene rings is 1. The Morgan fingerprint density at radius 1 is 1.48 bits per heavy atom. The molecule has 0 bridgehead atoms. The predicted octanol–water partition coefficient (Wildman–Crippen LogP) is 2.04. The number of rotatable bonds is 5. The van der Waals surface area contributed by atoms with Crippen LogP contribution >= 0.6 is 0 Å². The van der Waals surface area contributed by atoms with Gasteiger partial charge in [-0.1, -0.05) is 12.1 Å². The van der Waals surface area contributed by atoms with Crippen molar-refractivity contribution in [3.05, 3.63) is 41.3 Å². The molecule has 1 atom stereocenters. The number of methoxy groups -OCH3 is 1. The molecule has 2 rings (SSSR count). The standard InChI is InChI=1S/C15H16F2N2O4/c1-21-14(20)9-6-11(18)13(22-7-9)12(19)8-3-2-4-10(5-8)23-15(16)17/h2-5,9,15,19H,6-7,18H2,1H3. The highest BCUT2D eigenvalue weighted by Crippen LogP contribution is 2.25. The average molecular weight is 326 g/mol. The number of nitrogens with one attached hydrogen (secondary N) is 1. The van der Waals surface area contributed by atoms with Crippen LogP contribution in [0.25, 0.3) is 0 Å². The van der Waals surface area contributed by atoms with Crippen LogP contribution in [0.15, 0.2) is 35.7 Å². The molecule has 0 saturated heterocycles. The zero-order chi connectivity index (χ0) is 17.0. The molecule has 0 spiro atoms. The lowest BCUT2D eigenvalue weighted by Gasteiger charge is -2.25. The number of carbonyl (C=O) groups excluding carboxylic acids is 1. The molecular weight excluding hydrogens is 310 g/mol. The van der Waals surface area contributed by atoms with Crippen LogP contribution in [0.2, 0.25) is 0 Å². The van der Waals surface area contributed by atoms with Crippen LogP contribution in [0.3, 0.4) is 0 Å². The molecule has 1 heterocycles. The molecular formula is C15H16F2N2O4. The van der Waals surface area contributed by atoms with Gasteiger partial charge in [0.2, 0.25) is 0 Å². The van der Waals surface area contributed by atoms with E-state index in [9.17, 15) is 13.6 Å². The minimum atomic E-state index is -2.95. The van der Waals surface area contributed by atoms with Crippen molar-refractivity contribution in [2.45, 2.75) is 13.0 Å². The van der Waals surface area contributed by atoms with Crippen LogP contribution in [0.1, 0.15) is 12.0 Å². The summed E-state index contributed by atoms with van der Waals surface area (Å²) in [6, 6.07) is 5.69. The van der Waals surface area contributed by atoms with E-state index in [-0.39, 0.29) is 35.9 Å². The van der Waals surface area contributed by atoms with E-state index in [4.69, 9.17) is 15.9 Å². The minimum absolute atomic E-state index is 0.0400. The summed E-state index contributed by atoms with van der Waals surface area (Å²) in [7, 11) is 1.27. The number of alkyl halides is 2. The van der Waals surface area contributed by atoms with Crippen LogP contribution in [-0.4, -0.2) is 32.0 Å². The average Bonchev–Trinajstić information content (AvgIpc) is 2.53. The molecule has 0 fully saturated rings. The van der Waals surface area contributed by atoms with E-state index in [1.807, 2.05) is 0 Å². The Kier molecular flexibility index (Phi) is 5.15. The molecule has 1 aromatic rings. The third kappa shape index (κ3) is 3.97. The van der Waals surface area contributed by atoms with Crippen LogP contribution in [0.5, 0.6) is 5.75 Å². The molecule has 1 aliphatic heterocycles. The molecule has 0 amide bonds. The van der Waals surface area contributed by atoms with E-state index >= 15 is 0 Å². The number of halogens is 2. The Labute approximate surface area is 131 Å². The Bertz CT molecular complexity index is 646. The van der Waals surface area contributed by atoms with E-state index in [2.05, 4.69) is 9.47 Å². The van der Waals surface area contributed by atoms with Crippen molar-refractivity contribution in [3.63, 3.8) is 0 Å². The van der Waals surface area contributed by atoms with Crippen LogP contribution in [-0.2, 0) is 14.3 Å². The van der Waals surface area contributed by atoms with E-state index in [1.54, 1.807) is 6.07 Å². The van der Waals surface area contributed by atoms with Crippen molar-refractivity contribution in [2.24, 2.45) is 11.7 Å². The molecule has 0 saturated carbocycles. The SMILES string of the molecule is COC(=O)C1COC(C(=N)c2cccc(OC(F)F)c2)=C(N)C1. The summed E-state index contributed by atoms with van der Waals surface area (Å²) in [6.45, 7) is -2.91. The van der Waals surface area contributed by atoms with Gasteiger partial charge in [0, 0.05) is 12.0 Å². The molecule has 6 nitrogen and oxygen atoms in total. The second-order valence-corrected chi connectivity index (χ2v) is 4.87. The quantitative estimate of drug-likeness (QED) is 0.638. The highest BCUT2D eigenvalue weighted by Gasteiger charge is 2.29. The highest BCUT2D eigenvalue weighted by atomic mass is 19.3. The largest absolute Gasteiger partial charge is 0.489 e. The normalized spacial score (nSPS) is 17.7. The fourth-order valence-corrected chi connectivity index (χ4v) is 2.20. The molecule has 0 radical (unpaired) electrons. The second-order valence-electron chi connectivity index (χ2n) is 4.87. The van der Waals surface area contributed by atoms with Gasteiger partial charge in [0.05, 0.1) is 18.7 Å². The Hall–Kier alpha value is -2.64. The number of carbonyl (C=O) groups is 1. The number of hydrogen-bond donors (Lipinski definition) is 2. The zero-order valence-corrected chi connectivity index (χ0v) is 12.3. The first kappa shape index (κ1) is 16.7. The van der Waals surface area contributed by atoms with Crippen molar-refractivity contribution in [2.75, 3.05) is 13.7 Å². The van der Waals surface area contributed by atoms with Crippen LogP contribution < -0.4 is 10.5 Å². The maximum absolute atomic E-state index is 12.2. The lowest BCUT2D eigenvalue weighted by molar-refractivity contribution is -0.147. The van der Waals surface area contributed by atoms with E-state index in [0.29, 0.717) is 5.56 Å². The van der Waals surface area contributed by atoms with Gasteiger partial charge in [-0.25, -0.2) is 0 Å². The molecule has 1 aliphatic rings. The number of allylic oxidation sites excluding steroid dienone is 2. The second kappa shape index (κ2) is 7.08. The van der Waals surface area contributed by atoms with Gasteiger partial charge in [-0.2, -0.15) is 8.78 Å². The van der Waals surface area contributed by atoms with Gasteiger partial charge in [0.25, 0.3) is 0 Å². The number of nitrogens with two attached hydrogens (primary N) is 1. The summed E-state index contributed by atoms with van der Waals surface area (Å²) >= 11 is 0. The maximum Gasteiger partial charge on any atom is 0.387 e. The van der Waals surface area contributed by atoms with Gasteiger partial charge < -0.3 is 19.9 Å². The fourth-order valence-electron chi connectivity index (χ4n) is 2.20. The van der Waals surface area contributed by atoms with Gasteiger partial charge >= 0.3 is 12.6 Å². The first-order chi connectivity index (χ1) is 10.9. The number of esters is 1. The van der Waals surface area contributed by atoms with Gasteiger partial charge in [-0.05, 0) is 12.1 Å². The van der Waals surface area contributed by atoms with Crippen molar-refractivity contribution >= 4 is 11.7 Å². The third-order valence-electron chi connectivity index (χ3n) is 3.30. The fraction of sp³-hybridized carbons (Fsp3) is 0.333. The molecule has 124 valence electrons. The number of ether oxygens (including phenoxy) is 3. The van der Waals surface area contributed by atoms with E-state index < -0.39 is 18.5 Å². The first-order valence-electron chi connectivity index (χ1n) is 6.75. The summed E-state index contributed by atoms with van der Waals surface area (Å²) in [5, 5.41) is 8.13. The monoisotopic (exact) mass is 326 g/mol. The van der Waals surface area contributed by atoms with E-state index in [1.165, 1.54) is 25.3 Å². The summed E-state index contributed by atoms with van der Waals surface area (Å²) in [5.74, 6) is -0.903. The van der Waals surface area contributed by atoms with Gasteiger partial charge in [-0.3, -0.25) is 10.2 Å². The van der Waals surface area contributed by atoms with Crippen molar-refractivity contribution in [3.8, 4) is 5.75 Å². The van der Waals surface area contributed by atoms with Crippen LogP contribution in [0, 0.1) is 11.3 Å². The zero-order valence-electron chi connectivity index (χ0n) is 12.3. The van der Waals surface area contributed by atoms with Gasteiger partial charge in [-0.15, -0.1) is 0 Å². The Balaban J connectivity index is 2.19.